The van der Waals surface area contributed by atoms with Crippen LogP contribution in [0.1, 0.15) is 29.6 Å². The molecule has 126 valence electrons. The molecule has 2 heterocycles. The maximum Gasteiger partial charge on any atom is 0.191 e. The molecule has 0 radical (unpaired) electrons. The van der Waals surface area contributed by atoms with E-state index in [1.165, 1.54) is 5.56 Å². The number of pyridine rings is 1. The van der Waals surface area contributed by atoms with Gasteiger partial charge in [0.15, 0.2) is 5.96 Å². The fourth-order valence-corrected chi connectivity index (χ4v) is 2.22. The van der Waals surface area contributed by atoms with Crippen molar-refractivity contribution in [1.29, 1.82) is 0 Å². The van der Waals surface area contributed by atoms with Gasteiger partial charge in [-0.25, -0.2) is 4.99 Å². The van der Waals surface area contributed by atoms with Gasteiger partial charge in [0.1, 0.15) is 0 Å². The van der Waals surface area contributed by atoms with E-state index in [2.05, 4.69) is 39.6 Å². The number of aromatic nitrogens is 3. The maximum atomic E-state index is 4.65. The number of halogens is 1. The summed E-state index contributed by atoms with van der Waals surface area (Å²) < 4.78 is 1.90. The average Bonchev–Trinajstić information content (AvgIpc) is 2.76. The normalized spacial score (nSPS) is 11.0. The number of nitrogens with zero attached hydrogens (tertiary/aromatic N) is 4. The third kappa shape index (κ3) is 5.49. The third-order valence-electron chi connectivity index (χ3n) is 3.56. The van der Waals surface area contributed by atoms with Gasteiger partial charge in [0, 0.05) is 31.0 Å². The van der Waals surface area contributed by atoms with Crippen LogP contribution in [0.5, 0.6) is 0 Å². The number of rotatable bonds is 5. The smallest absolute Gasteiger partial charge is 0.191 e. The first-order valence-corrected chi connectivity index (χ1v) is 7.53. The summed E-state index contributed by atoms with van der Waals surface area (Å²) in [6.45, 7) is 8.23. The average molecular weight is 428 g/mol. The van der Waals surface area contributed by atoms with Crippen molar-refractivity contribution < 1.29 is 0 Å². The monoisotopic (exact) mass is 428 g/mol. The highest BCUT2D eigenvalue weighted by Gasteiger charge is 2.09. The molecule has 0 amide bonds. The van der Waals surface area contributed by atoms with Gasteiger partial charge in [0.2, 0.25) is 0 Å². The second-order valence-corrected chi connectivity index (χ2v) is 5.14. The molecule has 0 atom stereocenters. The van der Waals surface area contributed by atoms with E-state index in [0.717, 1.165) is 29.6 Å². The number of guanidine groups is 1. The van der Waals surface area contributed by atoms with Gasteiger partial charge in [-0.3, -0.25) is 9.67 Å². The fourth-order valence-electron chi connectivity index (χ4n) is 2.22. The standard InChI is InChI=1S/C16H24N6.HI/c1-5-17-16(19-10-14-8-6-7-9-18-14)20-11-15-12(2)21-22(4)13(15)3;/h6-9H,5,10-11H2,1-4H3,(H2,17,19,20);1H. The number of aliphatic imine (C=N–C) groups is 1. The largest absolute Gasteiger partial charge is 0.357 e. The van der Waals surface area contributed by atoms with Gasteiger partial charge in [-0.05, 0) is 32.9 Å². The van der Waals surface area contributed by atoms with E-state index in [0.29, 0.717) is 13.1 Å². The predicted octanol–water partition coefficient (Wildman–Crippen LogP) is 2.31. The van der Waals surface area contributed by atoms with Crippen molar-refractivity contribution in [1.82, 2.24) is 25.4 Å². The molecule has 2 N–H and O–H groups in total. The Hall–Kier alpha value is -1.64. The Morgan fingerprint density at radius 2 is 2.04 bits per heavy atom. The molecular weight excluding hydrogens is 403 g/mol. The third-order valence-corrected chi connectivity index (χ3v) is 3.56. The lowest BCUT2D eigenvalue weighted by atomic mass is 10.2. The first-order chi connectivity index (χ1) is 10.6. The molecule has 0 aliphatic rings. The molecule has 0 fully saturated rings. The highest BCUT2D eigenvalue weighted by Crippen LogP contribution is 2.12. The van der Waals surface area contributed by atoms with Crippen LogP contribution in [-0.4, -0.2) is 27.3 Å². The molecule has 0 aliphatic carbocycles. The molecule has 0 spiro atoms. The van der Waals surface area contributed by atoms with Crippen molar-refractivity contribution in [2.75, 3.05) is 6.54 Å². The van der Waals surface area contributed by atoms with Gasteiger partial charge in [-0.2, -0.15) is 5.10 Å². The highest BCUT2D eigenvalue weighted by atomic mass is 127. The zero-order valence-electron chi connectivity index (χ0n) is 14.1. The lowest BCUT2D eigenvalue weighted by Crippen LogP contribution is -2.37. The van der Waals surface area contributed by atoms with E-state index in [-0.39, 0.29) is 24.0 Å². The molecule has 0 unspecified atom stereocenters. The summed E-state index contributed by atoms with van der Waals surface area (Å²) in [5, 5.41) is 11.0. The molecule has 6 nitrogen and oxygen atoms in total. The second-order valence-electron chi connectivity index (χ2n) is 5.14. The van der Waals surface area contributed by atoms with Gasteiger partial charge < -0.3 is 10.6 Å². The van der Waals surface area contributed by atoms with Crippen LogP contribution in [0.25, 0.3) is 0 Å². The minimum absolute atomic E-state index is 0. The predicted molar refractivity (Wildman–Crippen MR) is 104 cm³/mol. The van der Waals surface area contributed by atoms with E-state index >= 15 is 0 Å². The quantitative estimate of drug-likeness (QED) is 0.436. The first kappa shape index (κ1) is 19.4. The van der Waals surface area contributed by atoms with Crippen LogP contribution >= 0.6 is 24.0 Å². The molecule has 2 aromatic rings. The van der Waals surface area contributed by atoms with Gasteiger partial charge >= 0.3 is 0 Å². The Balaban J connectivity index is 0.00000264. The Morgan fingerprint density at radius 1 is 1.26 bits per heavy atom. The number of hydrogen-bond acceptors (Lipinski definition) is 3. The van der Waals surface area contributed by atoms with E-state index in [1.54, 1.807) is 6.20 Å². The second kappa shape index (κ2) is 9.49. The van der Waals surface area contributed by atoms with Crippen LogP contribution in [0.4, 0.5) is 0 Å². The summed E-state index contributed by atoms with van der Waals surface area (Å²) in [7, 11) is 1.96. The van der Waals surface area contributed by atoms with E-state index in [4.69, 9.17) is 0 Å². The lowest BCUT2D eigenvalue weighted by molar-refractivity contribution is 0.730. The van der Waals surface area contributed by atoms with Crippen molar-refractivity contribution in [3.63, 3.8) is 0 Å². The van der Waals surface area contributed by atoms with E-state index in [9.17, 15) is 0 Å². The van der Waals surface area contributed by atoms with Crippen LogP contribution in [0.3, 0.4) is 0 Å². The molecular formula is C16H25IN6. The SMILES string of the molecule is CCNC(=NCc1c(C)nn(C)c1C)NCc1ccccn1.I. The van der Waals surface area contributed by atoms with Gasteiger partial charge in [0.05, 0.1) is 24.5 Å². The minimum Gasteiger partial charge on any atom is -0.357 e. The summed E-state index contributed by atoms with van der Waals surface area (Å²) in [4.78, 5) is 8.95. The summed E-state index contributed by atoms with van der Waals surface area (Å²) in [6.07, 6.45) is 1.80. The first-order valence-electron chi connectivity index (χ1n) is 7.53. The molecule has 0 saturated heterocycles. The van der Waals surface area contributed by atoms with Crippen molar-refractivity contribution in [3.05, 3.63) is 47.0 Å². The van der Waals surface area contributed by atoms with E-state index < -0.39 is 0 Å². The lowest BCUT2D eigenvalue weighted by Gasteiger charge is -2.11. The molecule has 0 aliphatic heterocycles. The topological polar surface area (TPSA) is 67.1 Å². The van der Waals surface area contributed by atoms with Crippen molar-refractivity contribution in [2.45, 2.75) is 33.9 Å². The molecule has 23 heavy (non-hydrogen) atoms. The molecule has 2 rings (SSSR count). The summed E-state index contributed by atoms with van der Waals surface area (Å²) >= 11 is 0. The van der Waals surface area contributed by atoms with Gasteiger partial charge in [-0.15, -0.1) is 24.0 Å². The van der Waals surface area contributed by atoms with Crippen molar-refractivity contribution in [3.8, 4) is 0 Å². The van der Waals surface area contributed by atoms with Gasteiger partial charge in [-0.1, -0.05) is 6.07 Å². The zero-order chi connectivity index (χ0) is 15.9. The number of nitrogens with one attached hydrogen (secondary N) is 2. The Labute approximate surface area is 154 Å². The summed E-state index contributed by atoms with van der Waals surface area (Å²) in [6, 6.07) is 5.89. The molecule has 7 heteroatoms. The van der Waals surface area contributed by atoms with Crippen LogP contribution < -0.4 is 10.6 Å². The molecule has 0 saturated carbocycles. The van der Waals surface area contributed by atoms with Gasteiger partial charge in [0.25, 0.3) is 0 Å². The Bertz CT molecular complexity index is 636. The zero-order valence-corrected chi connectivity index (χ0v) is 16.5. The fraction of sp³-hybridized carbons (Fsp3) is 0.438. The van der Waals surface area contributed by atoms with Crippen LogP contribution in [0.15, 0.2) is 29.4 Å². The van der Waals surface area contributed by atoms with Crippen molar-refractivity contribution >= 4 is 29.9 Å². The van der Waals surface area contributed by atoms with Crippen LogP contribution in [0, 0.1) is 13.8 Å². The summed E-state index contributed by atoms with van der Waals surface area (Å²) in [5.41, 5.74) is 4.35. The minimum atomic E-state index is 0. The molecule has 2 aromatic heterocycles. The van der Waals surface area contributed by atoms with Crippen LogP contribution in [0.2, 0.25) is 0 Å². The number of aryl methyl sites for hydroxylation is 2. The Kier molecular flexibility index (Phi) is 8.01. The summed E-state index contributed by atoms with van der Waals surface area (Å²) in [5.74, 6) is 0.788. The highest BCUT2D eigenvalue weighted by molar-refractivity contribution is 14.0. The molecule has 0 aromatic carbocycles. The van der Waals surface area contributed by atoms with Crippen molar-refractivity contribution in [2.24, 2.45) is 12.0 Å². The number of hydrogen-bond donors (Lipinski definition) is 2. The molecule has 0 bridgehead atoms. The Morgan fingerprint density at radius 3 is 2.61 bits per heavy atom. The van der Waals surface area contributed by atoms with Crippen LogP contribution in [-0.2, 0) is 20.1 Å². The van der Waals surface area contributed by atoms with E-state index in [1.807, 2.05) is 36.9 Å². The maximum absolute atomic E-state index is 4.65.